The van der Waals surface area contributed by atoms with Crippen LogP contribution in [0.1, 0.15) is 12.0 Å². The highest BCUT2D eigenvalue weighted by Crippen LogP contribution is 2.29. The highest BCUT2D eigenvalue weighted by atomic mass is 32.2. The Balaban J connectivity index is 1.79. The molecule has 0 bridgehead atoms. The minimum absolute atomic E-state index is 0.387. The SMILES string of the molecule is Cc1ccc(S(=O)(=O)N2CC[C@@H]3NCCS[C@@H]3C2)cc1. The van der Waals surface area contributed by atoms with Crippen molar-refractivity contribution in [3.05, 3.63) is 29.8 Å². The van der Waals surface area contributed by atoms with Crippen LogP contribution in [-0.2, 0) is 10.0 Å². The van der Waals surface area contributed by atoms with Crippen molar-refractivity contribution >= 4 is 21.8 Å². The van der Waals surface area contributed by atoms with Crippen molar-refractivity contribution in [1.82, 2.24) is 9.62 Å². The van der Waals surface area contributed by atoms with E-state index in [1.807, 2.05) is 30.8 Å². The Hall–Kier alpha value is -0.560. The molecule has 1 N–H and O–H groups in total. The molecule has 0 aromatic heterocycles. The summed E-state index contributed by atoms with van der Waals surface area (Å²) in [5.41, 5.74) is 1.08. The number of hydrogen-bond donors (Lipinski definition) is 1. The van der Waals surface area contributed by atoms with Gasteiger partial charge in [0.2, 0.25) is 10.0 Å². The highest BCUT2D eigenvalue weighted by molar-refractivity contribution is 8.00. The topological polar surface area (TPSA) is 49.4 Å². The lowest BCUT2D eigenvalue weighted by atomic mass is 10.1. The molecule has 0 radical (unpaired) electrons. The molecule has 0 aliphatic carbocycles. The van der Waals surface area contributed by atoms with E-state index >= 15 is 0 Å². The van der Waals surface area contributed by atoms with Crippen LogP contribution < -0.4 is 5.32 Å². The number of thioether (sulfide) groups is 1. The van der Waals surface area contributed by atoms with Gasteiger partial charge in [0.1, 0.15) is 0 Å². The summed E-state index contributed by atoms with van der Waals surface area (Å²) in [4.78, 5) is 0.412. The highest BCUT2D eigenvalue weighted by Gasteiger charge is 2.36. The molecule has 2 fully saturated rings. The standard InChI is InChI=1S/C14H20N2O2S2/c1-11-2-4-12(5-3-11)20(17,18)16-8-6-13-14(10-16)19-9-7-15-13/h2-5,13-15H,6-10H2,1H3/t13-,14+/m0/s1. The summed E-state index contributed by atoms with van der Waals surface area (Å²) in [7, 11) is -3.34. The molecular formula is C14H20N2O2S2. The van der Waals surface area contributed by atoms with Crippen LogP contribution in [0, 0.1) is 6.92 Å². The van der Waals surface area contributed by atoms with Crippen molar-refractivity contribution in [3.63, 3.8) is 0 Å². The van der Waals surface area contributed by atoms with Crippen molar-refractivity contribution < 1.29 is 8.42 Å². The number of rotatable bonds is 2. The molecule has 4 nitrogen and oxygen atoms in total. The second kappa shape index (κ2) is 5.67. The van der Waals surface area contributed by atoms with Gasteiger partial charge >= 0.3 is 0 Å². The molecule has 1 aromatic carbocycles. The molecule has 2 aliphatic rings. The molecule has 2 atom stereocenters. The zero-order chi connectivity index (χ0) is 14.2. The summed E-state index contributed by atoms with van der Waals surface area (Å²) in [6.07, 6.45) is 0.906. The Labute approximate surface area is 125 Å². The average Bonchev–Trinajstić information content (AvgIpc) is 2.47. The molecule has 2 aliphatic heterocycles. The van der Waals surface area contributed by atoms with Gasteiger partial charge in [-0.1, -0.05) is 17.7 Å². The lowest BCUT2D eigenvalue weighted by Gasteiger charge is -2.40. The average molecular weight is 312 g/mol. The van der Waals surface area contributed by atoms with Gasteiger partial charge in [0.05, 0.1) is 4.90 Å². The predicted molar refractivity (Wildman–Crippen MR) is 82.6 cm³/mol. The molecule has 0 unspecified atom stereocenters. The number of piperidine rings is 1. The summed E-state index contributed by atoms with van der Waals surface area (Å²) < 4.78 is 27.0. The zero-order valence-electron chi connectivity index (χ0n) is 11.6. The minimum atomic E-state index is -3.34. The third-order valence-corrected chi connectivity index (χ3v) is 7.25. The van der Waals surface area contributed by atoms with E-state index in [0.29, 0.717) is 29.3 Å². The van der Waals surface area contributed by atoms with E-state index in [4.69, 9.17) is 0 Å². The van der Waals surface area contributed by atoms with E-state index in [1.54, 1.807) is 16.4 Å². The van der Waals surface area contributed by atoms with E-state index < -0.39 is 10.0 Å². The van der Waals surface area contributed by atoms with Crippen molar-refractivity contribution in [2.24, 2.45) is 0 Å². The molecular weight excluding hydrogens is 292 g/mol. The Kier molecular flexibility index (Phi) is 4.08. The fourth-order valence-corrected chi connectivity index (χ4v) is 5.69. The van der Waals surface area contributed by atoms with Crippen molar-refractivity contribution in [1.29, 1.82) is 0 Å². The Morgan fingerprint density at radius 2 is 2.05 bits per heavy atom. The van der Waals surface area contributed by atoms with Crippen LogP contribution in [0.3, 0.4) is 0 Å². The summed E-state index contributed by atoms with van der Waals surface area (Å²) in [6, 6.07) is 7.61. The Morgan fingerprint density at radius 3 is 2.80 bits per heavy atom. The summed E-state index contributed by atoms with van der Waals surface area (Å²) in [6.45, 7) is 4.24. The van der Waals surface area contributed by atoms with E-state index in [2.05, 4.69) is 5.32 Å². The predicted octanol–water partition coefficient (Wildman–Crippen LogP) is 1.46. The number of nitrogens with zero attached hydrogens (tertiary/aromatic N) is 1. The summed E-state index contributed by atoms with van der Waals surface area (Å²) >= 11 is 1.90. The maximum atomic E-state index is 12.7. The van der Waals surface area contributed by atoms with Crippen LogP contribution in [0.15, 0.2) is 29.2 Å². The first-order chi connectivity index (χ1) is 9.57. The molecule has 1 aromatic rings. The lowest BCUT2D eigenvalue weighted by Crippen LogP contribution is -2.55. The quantitative estimate of drug-likeness (QED) is 0.898. The minimum Gasteiger partial charge on any atom is -0.312 e. The van der Waals surface area contributed by atoms with Gasteiger partial charge in [-0.25, -0.2) is 8.42 Å². The first-order valence-corrected chi connectivity index (χ1v) is 9.48. The van der Waals surface area contributed by atoms with E-state index in [0.717, 1.165) is 24.3 Å². The first kappa shape index (κ1) is 14.4. The van der Waals surface area contributed by atoms with Gasteiger partial charge in [-0.2, -0.15) is 16.1 Å². The summed E-state index contributed by atoms with van der Waals surface area (Å²) in [5.74, 6) is 1.07. The molecule has 20 heavy (non-hydrogen) atoms. The molecule has 2 saturated heterocycles. The monoisotopic (exact) mass is 312 g/mol. The maximum Gasteiger partial charge on any atom is 0.243 e. The number of aryl methyl sites for hydroxylation is 1. The largest absolute Gasteiger partial charge is 0.312 e. The number of fused-ring (bicyclic) bond motifs is 1. The Morgan fingerprint density at radius 1 is 1.30 bits per heavy atom. The third-order valence-electron chi connectivity index (χ3n) is 4.02. The van der Waals surface area contributed by atoms with Gasteiger partial charge in [-0.15, -0.1) is 0 Å². The van der Waals surface area contributed by atoms with E-state index in [1.165, 1.54) is 0 Å². The van der Waals surface area contributed by atoms with Crippen LogP contribution in [0.4, 0.5) is 0 Å². The van der Waals surface area contributed by atoms with Gasteiger partial charge in [0, 0.05) is 36.7 Å². The molecule has 3 rings (SSSR count). The second-order valence-corrected chi connectivity index (χ2v) is 8.72. The van der Waals surface area contributed by atoms with Crippen molar-refractivity contribution in [3.8, 4) is 0 Å². The molecule has 2 heterocycles. The van der Waals surface area contributed by atoms with Crippen LogP contribution >= 0.6 is 11.8 Å². The van der Waals surface area contributed by atoms with Crippen LogP contribution in [-0.4, -0.2) is 49.4 Å². The summed E-state index contributed by atoms with van der Waals surface area (Å²) in [5, 5.41) is 3.88. The molecule has 0 spiro atoms. The first-order valence-electron chi connectivity index (χ1n) is 6.99. The van der Waals surface area contributed by atoms with Gasteiger partial charge in [0.25, 0.3) is 0 Å². The third kappa shape index (κ3) is 2.74. The van der Waals surface area contributed by atoms with Gasteiger partial charge < -0.3 is 5.32 Å². The molecule has 110 valence electrons. The number of benzene rings is 1. The zero-order valence-corrected chi connectivity index (χ0v) is 13.2. The molecule has 0 saturated carbocycles. The fourth-order valence-electron chi connectivity index (χ4n) is 2.82. The Bertz CT molecular complexity index is 571. The fraction of sp³-hybridized carbons (Fsp3) is 0.571. The molecule has 6 heteroatoms. The van der Waals surface area contributed by atoms with Gasteiger partial charge in [-0.3, -0.25) is 0 Å². The van der Waals surface area contributed by atoms with Crippen molar-refractivity contribution in [2.45, 2.75) is 29.5 Å². The van der Waals surface area contributed by atoms with Crippen molar-refractivity contribution in [2.75, 3.05) is 25.4 Å². The van der Waals surface area contributed by atoms with E-state index in [-0.39, 0.29) is 0 Å². The number of nitrogens with one attached hydrogen (secondary N) is 1. The number of sulfonamides is 1. The smallest absolute Gasteiger partial charge is 0.243 e. The number of hydrogen-bond acceptors (Lipinski definition) is 4. The van der Waals surface area contributed by atoms with Crippen LogP contribution in [0.5, 0.6) is 0 Å². The van der Waals surface area contributed by atoms with Crippen LogP contribution in [0.25, 0.3) is 0 Å². The molecule has 0 amide bonds. The van der Waals surface area contributed by atoms with Gasteiger partial charge in [-0.05, 0) is 25.5 Å². The lowest BCUT2D eigenvalue weighted by molar-refractivity contribution is 0.296. The normalized spacial score (nSPS) is 28.1. The maximum absolute atomic E-state index is 12.7. The van der Waals surface area contributed by atoms with Crippen LogP contribution in [0.2, 0.25) is 0 Å². The second-order valence-electron chi connectivity index (χ2n) is 5.43. The van der Waals surface area contributed by atoms with E-state index in [9.17, 15) is 8.42 Å². The van der Waals surface area contributed by atoms with Gasteiger partial charge in [0.15, 0.2) is 0 Å².